The predicted molar refractivity (Wildman–Crippen MR) is 261 cm³/mol. The van der Waals surface area contributed by atoms with Crippen molar-refractivity contribution < 1.29 is 25.6 Å². The zero-order chi connectivity index (χ0) is 44.6. The fourth-order valence-electron chi connectivity index (χ4n) is 10.6. The molecule has 0 spiro atoms. The lowest BCUT2D eigenvalue weighted by atomic mass is 9.69. The van der Waals surface area contributed by atoms with Gasteiger partial charge in [-0.1, -0.05) is 191 Å². The third kappa shape index (κ3) is 6.84. The van der Waals surface area contributed by atoms with Crippen molar-refractivity contribution in [1.82, 2.24) is 0 Å². The van der Waals surface area contributed by atoms with Crippen molar-refractivity contribution in [2.75, 3.05) is 7.11 Å². The van der Waals surface area contributed by atoms with Gasteiger partial charge in [-0.05, 0) is 108 Å². The van der Waals surface area contributed by atoms with Crippen LogP contribution in [0.25, 0.3) is 43.1 Å². The third-order valence-electron chi connectivity index (χ3n) is 13.4. The molecule has 9 aromatic carbocycles. The van der Waals surface area contributed by atoms with E-state index in [4.69, 9.17) is 25.6 Å². The molecule has 7 heteroatoms. The average Bonchev–Trinajstić information content (AvgIpc) is 3.62. The first-order valence-electron chi connectivity index (χ1n) is 22.5. The van der Waals surface area contributed by atoms with E-state index >= 15 is 0 Å². The molecule has 0 aromatic heterocycles. The fourth-order valence-corrected chi connectivity index (χ4v) is 12.6. The summed E-state index contributed by atoms with van der Waals surface area (Å²) in [5.41, 5.74) is 1.63. The molecule has 2 fully saturated rings. The van der Waals surface area contributed by atoms with Crippen molar-refractivity contribution in [3.05, 3.63) is 216 Å². The summed E-state index contributed by atoms with van der Waals surface area (Å²) in [5, 5.41) is 8.43. The summed E-state index contributed by atoms with van der Waals surface area (Å²) in [6.07, 6.45) is -1.63. The summed E-state index contributed by atoms with van der Waals surface area (Å²) in [7, 11) is 1.69. The van der Waals surface area contributed by atoms with Gasteiger partial charge in [-0.25, -0.2) is 0 Å². The van der Waals surface area contributed by atoms with Crippen LogP contribution in [0.5, 0.6) is 11.5 Å². The molecule has 2 atom stereocenters. The smallest absolute Gasteiger partial charge is 0.598 e. The van der Waals surface area contributed by atoms with Crippen molar-refractivity contribution in [3.63, 3.8) is 0 Å². The van der Waals surface area contributed by atoms with Gasteiger partial charge in [-0.15, -0.1) is 0 Å². The first-order valence-corrected chi connectivity index (χ1v) is 23.9. The molecule has 6 nitrogen and oxygen atoms in total. The van der Waals surface area contributed by atoms with Crippen molar-refractivity contribution in [2.24, 2.45) is 0 Å². The van der Waals surface area contributed by atoms with E-state index in [9.17, 15) is 0 Å². The van der Waals surface area contributed by atoms with Gasteiger partial charge in [0.1, 0.15) is 29.2 Å². The highest BCUT2D eigenvalue weighted by Crippen LogP contribution is 2.59. The van der Waals surface area contributed by atoms with Gasteiger partial charge in [0.05, 0.1) is 12.9 Å². The van der Waals surface area contributed by atoms with E-state index in [-0.39, 0.29) is 5.41 Å². The second-order valence-corrected chi connectivity index (χ2v) is 20.1. The van der Waals surface area contributed by atoms with Crippen LogP contribution in [-0.4, -0.2) is 40.3 Å². The Morgan fingerprint density at radius 2 is 0.815 bits per heavy atom. The van der Waals surface area contributed by atoms with Crippen LogP contribution >= 0.6 is 0 Å². The van der Waals surface area contributed by atoms with Gasteiger partial charge in [0, 0.05) is 0 Å². The normalized spacial score (nSPS) is 19.0. The predicted octanol–water partition coefficient (Wildman–Crippen LogP) is 13.4. The molecule has 0 radical (unpaired) electrons. The number of rotatable bonds is 7. The van der Waals surface area contributed by atoms with Gasteiger partial charge in [0.2, 0.25) is 0 Å². The Morgan fingerprint density at radius 3 is 1.17 bits per heavy atom. The Labute approximate surface area is 385 Å². The van der Waals surface area contributed by atoms with Crippen LogP contribution in [0.15, 0.2) is 188 Å². The van der Waals surface area contributed by atoms with Crippen LogP contribution in [0.4, 0.5) is 0 Å². The summed E-state index contributed by atoms with van der Waals surface area (Å²) in [6.45, 7) is 10.6. The molecule has 0 unspecified atom stereocenters. The second-order valence-electron chi connectivity index (χ2n) is 18.8. The summed E-state index contributed by atoms with van der Waals surface area (Å²) >= 11 is -3.57. The van der Waals surface area contributed by atoms with E-state index in [1.54, 1.807) is 7.11 Å². The van der Waals surface area contributed by atoms with Gasteiger partial charge in [0.25, 0.3) is 0 Å². The van der Waals surface area contributed by atoms with Crippen LogP contribution in [0.1, 0.15) is 62.4 Å². The van der Waals surface area contributed by atoms with E-state index < -0.39 is 44.3 Å². The Hall–Kier alpha value is -6.01. The number of hydrogen-bond acceptors (Lipinski definition) is 6. The number of ether oxygens (including phenoxy) is 3. The monoisotopic (exact) mass is 870 g/mol. The molecule has 9 aromatic rings. The maximum atomic E-state index is 8.20. The molecule has 11 rings (SSSR count). The summed E-state index contributed by atoms with van der Waals surface area (Å²) in [5.74, 6) is 0.318. The Morgan fingerprint density at radius 1 is 0.462 bits per heavy atom. The van der Waals surface area contributed by atoms with Crippen LogP contribution in [0.3, 0.4) is 0 Å². The lowest BCUT2D eigenvalue weighted by Gasteiger charge is -2.45. The second kappa shape index (κ2) is 15.9. The number of fused-ring (bicyclic) bond motifs is 5. The van der Waals surface area contributed by atoms with Crippen LogP contribution in [-0.2, 0) is 33.7 Å². The summed E-state index contributed by atoms with van der Waals surface area (Å²) in [4.78, 5) is 0. The molecule has 65 heavy (non-hydrogen) atoms. The number of benzene rings is 9. The van der Waals surface area contributed by atoms with E-state index in [1.807, 2.05) is 26.0 Å². The van der Waals surface area contributed by atoms with Crippen LogP contribution in [0, 0.1) is 0 Å². The van der Waals surface area contributed by atoms with E-state index in [0.717, 1.165) is 76.7 Å². The molecule has 0 saturated carbocycles. The standard InChI is InChI=1S/C47H36O4.C11H16O2.Al/c1-45(2)50-43(46(48,39-27-11-19-31-15-3-7-23-35(31)39)40-28-12-20-32-16-4-8-24-36(32)40)44(51-45)47(49,41-29-13-21-33-17-5-9-25-37(33)41)42-30-14-22-34-18-6-10-26-38(34)42;1-11(2,3)9-7-8(13-4)5-6-10(9)12;/h3-30,43-44H,1-2H3;5-7,12H,1-4H3;/q-2;;+3/p-1/t43-,44-;;/m1../s1. The van der Waals surface area contributed by atoms with E-state index in [2.05, 4.69) is 197 Å². The minimum atomic E-state index is -3.57. The molecule has 322 valence electrons. The number of methoxy groups -OCH3 is 1. The first kappa shape index (κ1) is 41.7. The summed E-state index contributed by atoms with van der Waals surface area (Å²) in [6, 6.07) is 66.0. The fraction of sp³-hybridized carbons (Fsp3) is 0.207. The highest BCUT2D eigenvalue weighted by Gasteiger charge is 2.70. The van der Waals surface area contributed by atoms with Crippen molar-refractivity contribution in [2.45, 2.75) is 69.2 Å². The minimum absolute atomic E-state index is 0.333. The van der Waals surface area contributed by atoms with Gasteiger partial charge in [-0.2, -0.15) is 0 Å². The zero-order valence-corrected chi connectivity index (χ0v) is 38.7. The maximum absolute atomic E-state index is 8.20. The molecule has 2 aliphatic heterocycles. The maximum Gasteiger partial charge on any atom is 1.00 e. The summed E-state index contributed by atoms with van der Waals surface area (Å²) < 4.78 is 45.0. The zero-order valence-electron chi connectivity index (χ0n) is 37.6. The molecular weight excluding hydrogens is 820 g/mol. The molecule has 2 heterocycles. The topological polar surface area (TPSA) is 55.4 Å². The third-order valence-corrected chi connectivity index (χ3v) is 15.0. The molecule has 0 aliphatic carbocycles. The largest absolute Gasteiger partial charge is 1.00 e. The molecular formula is C58H51AlO6. The molecule has 0 N–H and O–H groups in total. The molecule has 2 aliphatic rings. The molecule has 2 saturated heterocycles. The minimum Gasteiger partial charge on any atom is -0.598 e. The van der Waals surface area contributed by atoms with Crippen molar-refractivity contribution in [1.29, 1.82) is 0 Å². The molecule has 0 amide bonds. The van der Waals surface area contributed by atoms with Gasteiger partial charge >= 0.3 is 15.1 Å². The van der Waals surface area contributed by atoms with E-state index in [1.165, 1.54) is 0 Å². The van der Waals surface area contributed by atoms with E-state index in [0.29, 0.717) is 5.75 Å². The SMILES string of the molecule is COc1ccc([O][Al]2[O]C(c3cccc4ccccc34)(c3cccc4ccccc34)[C@@H]3OC(C)(C)O[C@H]3C(c3cccc4ccccc34)(c3cccc4ccccc34)[O]2)c(C(C)(C)C)c1. The van der Waals surface area contributed by atoms with Crippen LogP contribution in [0.2, 0.25) is 0 Å². The van der Waals surface area contributed by atoms with Crippen molar-refractivity contribution >= 4 is 58.2 Å². The van der Waals surface area contributed by atoms with Crippen molar-refractivity contribution in [3.8, 4) is 11.5 Å². The quantitative estimate of drug-likeness (QED) is 0.149. The average molecular weight is 871 g/mol. The Kier molecular flexibility index (Phi) is 10.2. The Balaban J connectivity index is 1.32. The highest BCUT2D eigenvalue weighted by molar-refractivity contribution is 6.38. The molecule has 0 bridgehead atoms. The van der Waals surface area contributed by atoms with Gasteiger partial charge in [-0.3, -0.25) is 0 Å². The lowest BCUT2D eigenvalue weighted by Crippen LogP contribution is -2.54. The first-order chi connectivity index (χ1) is 31.5. The van der Waals surface area contributed by atoms with Gasteiger partial charge in [0.15, 0.2) is 5.79 Å². The highest BCUT2D eigenvalue weighted by atomic mass is 27.3. The number of hydrogen-bond donors (Lipinski definition) is 0. The van der Waals surface area contributed by atoms with Crippen LogP contribution < -0.4 is 8.53 Å². The van der Waals surface area contributed by atoms with Gasteiger partial charge < -0.3 is 25.6 Å². The Bertz CT molecular complexity index is 2900. The lowest BCUT2D eigenvalue weighted by molar-refractivity contribution is -0.180.